The van der Waals surface area contributed by atoms with Crippen molar-refractivity contribution in [3.05, 3.63) is 18.3 Å². The maximum atomic E-state index is 10.1. The van der Waals surface area contributed by atoms with Crippen molar-refractivity contribution in [1.29, 1.82) is 0 Å². The summed E-state index contributed by atoms with van der Waals surface area (Å²) in [6.45, 7) is 9.12. The molecule has 0 aliphatic heterocycles. The molecule has 18 heavy (non-hydrogen) atoms. The number of nitrogens with one attached hydrogen (secondary N) is 1. The van der Waals surface area contributed by atoms with Gasteiger partial charge < -0.3 is 15.1 Å². The molecule has 0 fully saturated rings. The molecule has 0 aliphatic carbocycles. The zero-order valence-electron chi connectivity index (χ0n) is 12.1. The SMILES string of the molecule is CNc1ccc(B(C)OC(C)(C)C(C)(C)O)cn1. The third-order valence-corrected chi connectivity index (χ3v) is 3.46. The molecule has 2 N–H and O–H groups in total. The average Bonchev–Trinajstić information content (AvgIpc) is 2.27. The molecule has 1 rings (SSSR count). The van der Waals surface area contributed by atoms with Gasteiger partial charge in [-0.2, -0.15) is 0 Å². The van der Waals surface area contributed by atoms with E-state index in [1.807, 2.05) is 39.9 Å². The molecule has 0 aliphatic rings. The molecule has 5 heteroatoms. The molecule has 1 heterocycles. The van der Waals surface area contributed by atoms with E-state index in [1.165, 1.54) is 0 Å². The Labute approximate surface area is 110 Å². The van der Waals surface area contributed by atoms with Crippen molar-refractivity contribution in [2.75, 3.05) is 12.4 Å². The van der Waals surface area contributed by atoms with Gasteiger partial charge in [-0.15, -0.1) is 0 Å². The van der Waals surface area contributed by atoms with Crippen molar-refractivity contribution in [3.63, 3.8) is 0 Å². The summed E-state index contributed by atoms with van der Waals surface area (Å²) in [5.74, 6) is 0.827. The normalized spacial score (nSPS) is 12.4. The average molecular weight is 250 g/mol. The van der Waals surface area contributed by atoms with Crippen LogP contribution in [0.1, 0.15) is 27.7 Å². The number of hydrogen-bond donors (Lipinski definition) is 2. The van der Waals surface area contributed by atoms with E-state index < -0.39 is 11.2 Å². The third kappa shape index (κ3) is 3.46. The Balaban J connectivity index is 2.78. The fourth-order valence-corrected chi connectivity index (χ4v) is 1.45. The summed E-state index contributed by atoms with van der Waals surface area (Å²) in [6, 6.07) is 3.89. The molecule has 0 amide bonds. The van der Waals surface area contributed by atoms with Crippen LogP contribution >= 0.6 is 0 Å². The van der Waals surface area contributed by atoms with Gasteiger partial charge in [0.2, 0.25) is 0 Å². The van der Waals surface area contributed by atoms with Crippen LogP contribution in [0.25, 0.3) is 0 Å². The Bertz CT molecular complexity index is 385. The Kier molecular flexibility index (Phi) is 4.40. The molecule has 0 saturated heterocycles. The Morgan fingerprint density at radius 3 is 2.28 bits per heavy atom. The molecule has 0 aromatic carbocycles. The number of aliphatic hydroxyl groups is 1. The van der Waals surface area contributed by atoms with Crippen molar-refractivity contribution in [1.82, 2.24) is 4.98 Å². The number of pyridine rings is 1. The van der Waals surface area contributed by atoms with Crippen molar-refractivity contribution in [2.24, 2.45) is 0 Å². The van der Waals surface area contributed by atoms with Gasteiger partial charge in [-0.3, -0.25) is 0 Å². The van der Waals surface area contributed by atoms with Crippen molar-refractivity contribution >= 4 is 18.2 Å². The standard InChI is InChI=1S/C13H23BN2O2/c1-12(2,17)13(3,4)18-14(5)10-7-8-11(15-6)16-9-10/h7-9,17H,1-6H3,(H,15,16). The van der Waals surface area contributed by atoms with Gasteiger partial charge >= 0.3 is 6.92 Å². The van der Waals surface area contributed by atoms with Gasteiger partial charge in [0.25, 0.3) is 0 Å². The van der Waals surface area contributed by atoms with Crippen LogP contribution in [-0.4, -0.2) is 35.3 Å². The number of nitrogens with zero attached hydrogens (tertiary/aromatic N) is 1. The summed E-state index contributed by atoms with van der Waals surface area (Å²) in [7, 11) is 1.83. The zero-order valence-corrected chi connectivity index (χ0v) is 12.1. The van der Waals surface area contributed by atoms with Crippen molar-refractivity contribution in [2.45, 2.75) is 45.7 Å². The maximum absolute atomic E-state index is 10.1. The second kappa shape index (κ2) is 5.28. The zero-order chi connectivity index (χ0) is 14.0. The lowest BCUT2D eigenvalue weighted by Gasteiger charge is -2.39. The minimum atomic E-state index is -0.903. The molecule has 0 saturated carbocycles. The Hall–Kier alpha value is -1.07. The van der Waals surface area contributed by atoms with Gasteiger partial charge in [0.05, 0.1) is 11.2 Å². The first kappa shape index (κ1) is 15.0. The van der Waals surface area contributed by atoms with Gasteiger partial charge in [-0.05, 0) is 39.2 Å². The minimum absolute atomic E-state index is 0.121. The molecule has 0 unspecified atom stereocenters. The molecule has 0 atom stereocenters. The first-order valence-electron chi connectivity index (χ1n) is 6.21. The summed E-state index contributed by atoms with van der Waals surface area (Å²) < 4.78 is 5.95. The Morgan fingerprint density at radius 1 is 1.28 bits per heavy atom. The highest BCUT2D eigenvalue weighted by Crippen LogP contribution is 2.25. The van der Waals surface area contributed by atoms with E-state index in [0.717, 1.165) is 11.3 Å². The highest BCUT2D eigenvalue weighted by atomic mass is 16.5. The van der Waals surface area contributed by atoms with Crippen LogP contribution in [0.4, 0.5) is 5.82 Å². The van der Waals surface area contributed by atoms with E-state index in [-0.39, 0.29) is 6.92 Å². The molecule has 0 spiro atoms. The largest absolute Gasteiger partial charge is 0.423 e. The van der Waals surface area contributed by atoms with Crippen LogP contribution < -0.4 is 10.8 Å². The van der Waals surface area contributed by atoms with Gasteiger partial charge in [-0.1, -0.05) is 12.9 Å². The van der Waals surface area contributed by atoms with E-state index in [4.69, 9.17) is 4.65 Å². The smallest absolute Gasteiger partial charge is 0.325 e. The minimum Gasteiger partial charge on any atom is -0.423 e. The fourth-order valence-electron chi connectivity index (χ4n) is 1.45. The second-order valence-corrected chi connectivity index (χ2v) is 5.56. The summed E-state index contributed by atoms with van der Waals surface area (Å²) in [5, 5.41) is 13.0. The molecule has 1 aromatic rings. The van der Waals surface area contributed by atoms with Crippen LogP contribution in [0, 0.1) is 0 Å². The summed E-state index contributed by atoms with van der Waals surface area (Å²) >= 11 is 0. The molecular weight excluding hydrogens is 227 g/mol. The molecule has 100 valence electrons. The van der Waals surface area contributed by atoms with Crippen LogP contribution in [0.5, 0.6) is 0 Å². The van der Waals surface area contributed by atoms with Gasteiger partial charge in [0, 0.05) is 13.2 Å². The highest BCUT2D eigenvalue weighted by molar-refractivity contribution is 6.66. The summed E-state index contributed by atoms with van der Waals surface area (Å²) in [4.78, 5) is 4.26. The molecule has 1 aromatic heterocycles. The summed E-state index contributed by atoms with van der Waals surface area (Å²) in [5.41, 5.74) is -0.542. The number of hydrogen-bond acceptors (Lipinski definition) is 4. The van der Waals surface area contributed by atoms with E-state index in [1.54, 1.807) is 20.0 Å². The second-order valence-electron chi connectivity index (χ2n) is 5.56. The first-order valence-corrected chi connectivity index (χ1v) is 6.21. The van der Waals surface area contributed by atoms with Gasteiger partial charge in [0.1, 0.15) is 5.82 Å². The first-order chi connectivity index (χ1) is 8.17. The van der Waals surface area contributed by atoms with Crippen LogP contribution in [0.2, 0.25) is 6.82 Å². The lowest BCUT2D eigenvalue weighted by atomic mass is 9.63. The number of rotatable bonds is 5. The maximum Gasteiger partial charge on any atom is 0.325 e. The highest BCUT2D eigenvalue weighted by Gasteiger charge is 2.38. The molecule has 0 bridgehead atoms. The number of anilines is 1. The van der Waals surface area contributed by atoms with Gasteiger partial charge in [-0.25, -0.2) is 4.98 Å². The topological polar surface area (TPSA) is 54.4 Å². The van der Waals surface area contributed by atoms with E-state index in [0.29, 0.717) is 0 Å². The third-order valence-electron chi connectivity index (χ3n) is 3.46. The fraction of sp³-hybridized carbons (Fsp3) is 0.615. The lowest BCUT2D eigenvalue weighted by molar-refractivity contribution is -0.0918. The quantitative estimate of drug-likeness (QED) is 0.778. The number of aromatic nitrogens is 1. The Morgan fingerprint density at radius 2 is 1.89 bits per heavy atom. The molecule has 0 radical (unpaired) electrons. The predicted molar refractivity (Wildman–Crippen MR) is 76.5 cm³/mol. The molecular formula is C13H23BN2O2. The predicted octanol–water partition coefficient (Wildman–Crippen LogP) is 1.52. The monoisotopic (exact) mass is 250 g/mol. The van der Waals surface area contributed by atoms with Crippen molar-refractivity contribution < 1.29 is 9.76 Å². The van der Waals surface area contributed by atoms with E-state index >= 15 is 0 Å². The van der Waals surface area contributed by atoms with Crippen LogP contribution in [-0.2, 0) is 4.65 Å². The van der Waals surface area contributed by atoms with Crippen LogP contribution in [0.15, 0.2) is 18.3 Å². The molecule has 4 nitrogen and oxygen atoms in total. The van der Waals surface area contributed by atoms with E-state index in [2.05, 4.69) is 10.3 Å². The van der Waals surface area contributed by atoms with Crippen LogP contribution in [0.3, 0.4) is 0 Å². The lowest BCUT2D eigenvalue weighted by Crippen LogP contribution is -2.52. The van der Waals surface area contributed by atoms with E-state index in [9.17, 15) is 5.11 Å². The van der Waals surface area contributed by atoms with Gasteiger partial charge in [0.15, 0.2) is 0 Å². The van der Waals surface area contributed by atoms with Crippen molar-refractivity contribution in [3.8, 4) is 0 Å². The summed E-state index contributed by atoms with van der Waals surface area (Å²) in [6.07, 6.45) is 1.79.